The van der Waals surface area contributed by atoms with Crippen LogP contribution in [-0.2, 0) is 6.54 Å². The number of methoxy groups -OCH3 is 1. The van der Waals surface area contributed by atoms with E-state index in [1.165, 1.54) is 0 Å². The Bertz CT molecular complexity index is 1500. The number of H-pyrrole nitrogens is 1. The van der Waals surface area contributed by atoms with Crippen molar-refractivity contribution in [1.29, 1.82) is 0 Å². The highest BCUT2D eigenvalue weighted by atomic mass is 16.5. The Balaban J connectivity index is 1.60. The van der Waals surface area contributed by atoms with E-state index in [0.717, 1.165) is 45.4 Å². The number of benzene rings is 2. The molecule has 5 rings (SSSR count). The average molecular weight is 473 g/mol. The first kappa shape index (κ1) is 22.7. The zero-order valence-electron chi connectivity index (χ0n) is 20.4. The maximum Gasteiger partial charge on any atom is 0.232 e. The predicted molar refractivity (Wildman–Crippen MR) is 136 cm³/mol. The summed E-state index contributed by atoms with van der Waals surface area (Å²) in [5.41, 5.74) is 5.97. The molecule has 5 aromatic rings. The standard InChI is InChI=1S/C26H28N6O3/c1-14(2)34-25-23-18(17-7-8-19-22(11-17)35-15(3)29-19)13-28-24(23)31-26(32-25)30-20-10-16(12-27-4)6-9-21(20)33-5/h6-11,13-14,27H,12H2,1-5H3,(H2,28,30,31,32). The number of aromatic amines is 1. The number of nitrogens with zero attached hydrogens (tertiary/aromatic N) is 3. The van der Waals surface area contributed by atoms with E-state index in [0.29, 0.717) is 29.1 Å². The summed E-state index contributed by atoms with van der Waals surface area (Å²) in [5, 5.41) is 7.27. The minimum absolute atomic E-state index is 0.0726. The quantitative estimate of drug-likeness (QED) is 0.278. The monoisotopic (exact) mass is 472 g/mol. The van der Waals surface area contributed by atoms with Gasteiger partial charge in [0.25, 0.3) is 0 Å². The van der Waals surface area contributed by atoms with Gasteiger partial charge in [-0.15, -0.1) is 0 Å². The number of rotatable bonds is 8. The van der Waals surface area contributed by atoms with E-state index in [9.17, 15) is 0 Å². The molecule has 0 atom stereocenters. The molecule has 2 aromatic carbocycles. The summed E-state index contributed by atoms with van der Waals surface area (Å²) in [6.07, 6.45) is 1.84. The average Bonchev–Trinajstić information content (AvgIpc) is 3.41. The van der Waals surface area contributed by atoms with Gasteiger partial charge in [-0.1, -0.05) is 12.1 Å². The van der Waals surface area contributed by atoms with Gasteiger partial charge >= 0.3 is 0 Å². The van der Waals surface area contributed by atoms with E-state index in [1.54, 1.807) is 7.11 Å². The molecule has 0 saturated heterocycles. The summed E-state index contributed by atoms with van der Waals surface area (Å²) in [6, 6.07) is 11.9. The number of ether oxygens (including phenoxy) is 2. The predicted octanol–water partition coefficient (Wildman–Crippen LogP) is 5.33. The lowest BCUT2D eigenvalue weighted by Crippen LogP contribution is -2.10. The molecule has 0 bridgehead atoms. The molecule has 0 amide bonds. The summed E-state index contributed by atoms with van der Waals surface area (Å²) in [7, 11) is 3.55. The Labute approximate surface area is 202 Å². The van der Waals surface area contributed by atoms with Crippen LogP contribution >= 0.6 is 0 Å². The molecular weight excluding hydrogens is 444 g/mol. The molecule has 0 aliphatic heterocycles. The van der Waals surface area contributed by atoms with Gasteiger partial charge in [0.1, 0.15) is 16.9 Å². The fourth-order valence-electron chi connectivity index (χ4n) is 4.09. The van der Waals surface area contributed by atoms with Gasteiger partial charge in [0.05, 0.1) is 24.3 Å². The fraction of sp³-hybridized carbons (Fsp3) is 0.269. The molecule has 9 nitrogen and oxygen atoms in total. The number of oxazole rings is 1. The topological polar surface area (TPSA) is 110 Å². The highest BCUT2D eigenvalue weighted by Crippen LogP contribution is 2.37. The van der Waals surface area contributed by atoms with E-state index in [4.69, 9.17) is 23.9 Å². The van der Waals surface area contributed by atoms with E-state index < -0.39 is 0 Å². The third-order valence-corrected chi connectivity index (χ3v) is 5.54. The van der Waals surface area contributed by atoms with Crippen LogP contribution in [-0.4, -0.2) is 40.2 Å². The number of hydrogen-bond donors (Lipinski definition) is 3. The van der Waals surface area contributed by atoms with Crippen LogP contribution in [0.1, 0.15) is 25.3 Å². The van der Waals surface area contributed by atoms with Crippen molar-refractivity contribution in [3.05, 3.63) is 54.0 Å². The Hall–Kier alpha value is -4.11. The fourth-order valence-corrected chi connectivity index (χ4v) is 4.09. The van der Waals surface area contributed by atoms with Crippen LogP contribution in [0, 0.1) is 6.92 Å². The van der Waals surface area contributed by atoms with Crippen LogP contribution in [0.3, 0.4) is 0 Å². The van der Waals surface area contributed by atoms with Crippen molar-refractivity contribution in [1.82, 2.24) is 25.3 Å². The first-order chi connectivity index (χ1) is 16.9. The van der Waals surface area contributed by atoms with Crippen LogP contribution < -0.4 is 20.1 Å². The Morgan fingerprint density at radius 1 is 1.09 bits per heavy atom. The lowest BCUT2D eigenvalue weighted by atomic mass is 10.1. The van der Waals surface area contributed by atoms with Crippen LogP contribution in [0.4, 0.5) is 11.6 Å². The molecule has 0 aliphatic rings. The Morgan fingerprint density at radius 3 is 2.71 bits per heavy atom. The number of aryl methyl sites for hydroxylation is 1. The smallest absolute Gasteiger partial charge is 0.232 e. The van der Waals surface area contributed by atoms with Crippen molar-refractivity contribution in [3.63, 3.8) is 0 Å². The normalized spacial score (nSPS) is 11.5. The summed E-state index contributed by atoms with van der Waals surface area (Å²) in [4.78, 5) is 17.2. The first-order valence-corrected chi connectivity index (χ1v) is 11.5. The first-order valence-electron chi connectivity index (χ1n) is 11.5. The van der Waals surface area contributed by atoms with Crippen molar-refractivity contribution < 1.29 is 13.9 Å². The van der Waals surface area contributed by atoms with Crippen molar-refractivity contribution in [2.24, 2.45) is 0 Å². The zero-order valence-corrected chi connectivity index (χ0v) is 20.4. The van der Waals surface area contributed by atoms with Crippen LogP contribution in [0.2, 0.25) is 0 Å². The number of nitrogens with one attached hydrogen (secondary N) is 3. The van der Waals surface area contributed by atoms with Crippen molar-refractivity contribution in [2.45, 2.75) is 33.4 Å². The molecule has 180 valence electrons. The van der Waals surface area contributed by atoms with Gasteiger partial charge in [0, 0.05) is 25.2 Å². The number of hydrogen-bond acceptors (Lipinski definition) is 8. The molecule has 3 heterocycles. The lowest BCUT2D eigenvalue weighted by Gasteiger charge is -2.15. The molecular formula is C26H28N6O3. The van der Waals surface area contributed by atoms with Gasteiger partial charge in [0.2, 0.25) is 11.8 Å². The maximum absolute atomic E-state index is 6.15. The molecule has 0 saturated carbocycles. The zero-order chi connectivity index (χ0) is 24.5. The van der Waals surface area contributed by atoms with Gasteiger partial charge in [-0.2, -0.15) is 9.97 Å². The highest BCUT2D eigenvalue weighted by molar-refractivity contribution is 5.99. The number of anilines is 2. The SMILES string of the molecule is CNCc1ccc(OC)c(Nc2nc(OC(C)C)c3c(-c4ccc5nc(C)oc5c4)c[nH]c3n2)c1. The third kappa shape index (κ3) is 4.50. The molecule has 0 spiro atoms. The molecule has 35 heavy (non-hydrogen) atoms. The molecule has 0 radical (unpaired) electrons. The molecule has 0 fully saturated rings. The molecule has 3 aromatic heterocycles. The van der Waals surface area contributed by atoms with Crippen molar-refractivity contribution in [3.8, 4) is 22.8 Å². The van der Waals surface area contributed by atoms with Crippen LogP contribution in [0.25, 0.3) is 33.3 Å². The van der Waals surface area contributed by atoms with E-state index in [-0.39, 0.29) is 6.10 Å². The van der Waals surface area contributed by atoms with E-state index in [1.807, 2.05) is 70.4 Å². The van der Waals surface area contributed by atoms with E-state index >= 15 is 0 Å². The summed E-state index contributed by atoms with van der Waals surface area (Å²) < 4.78 is 17.4. The number of aromatic nitrogens is 4. The van der Waals surface area contributed by atoms with Gasteiger partial charge in [0.15, 0.2) is 11.5 Å². The van der Waals surface area contributed by atoms with Gasteiger partial charge in [-0.05, 0) is 56.3 Å². The highest BCUT2D eigenvalue weighted by Gasteiger charge is 2.19. The van der Waals surface area contributed by atoms with E-state index in [2.05, 4.69) is 20.6 Å². The summed E-state index contributed by atoms with van der Waals surface area (Å²) >= 11 is 0. The Kier molecular flexibility index (Phi) is 6.00. The minimum Gasteiger partial charge on any atom is -0.495 e. The Morgan fingerprint density at radius 2 is 1.94 bits per heavy atom. The van der Waals surface area contributed by atoms with Gasteiger partial charge in [-0.3, -0.25) is 0 Å². The molecule has 0 unspecified atom stereocenters. The van der Waals surface area contributed by atoms with Crippen molar-refractivity contribution in [2.75, 3.05) is 19.5 Å². The van der Waals surface area contributed by atoms with Gasteiger partial charge < -0.3 is 29.5 Å². The minimum atomic E-state index is -0.0726. The van der Waals surface area contributed by atoms with Crippen LogP contribution in [0.15, 0.2) is 47.0 Å². The second kappa shape index (κ2) is 9.27. The maximum atomic E-state index is 6.15. The molecule has 0 aliphatic carbocycles. The number of fused-ring (bicyclic) bond motifs is 2. The second-order valence-corrected chi connectivity index (χ2v) is 8.55. The lowest BCUT2D eigenvalue weighted by molar-refractivity contribution is 0.236. The van der Waals surface area contributed by atoms with Crippen molar-refractivity contribution >= 4 is 33.8 Å². The van der Waals surface area contributed by atoms with Gasteiger partial charge in [-0.25, -0.2) is 4.98 Å². The largest absolute Gasteiger partial charge is 0.495 e. The summed E-state index contributed by atoms with van der Waals surface area (Å²) in [6.45, 7) is 6.52. The molecule has 3 N–H and O–H groups in total. The second-order valence-electron chi connectivity index (χ2n) is 8.55. The molecule has 9 heteroatoms. The third-order valence-electron chi connectivity index (χ3n) is 5.54. The van der Waals surface area contributed by atoms with Crippen LogP contribution in [0.5, 0.6) is 11.6 Å². The summed E-state index contributed by atoms with van der Waals surface area (Å²) in [5.74, 6) is 2.22.